The number of aliphatic hydroxyl groups is 1. The van der Waals surface area contributed by atoms with Crippen molar-refractivity contribution in [1.82, 2.24) is 14.8 Å². The molecule has 0 spiro atoms. The summed E-state index contributed by atoms with van der Waals surface area (Å²) >= 11 is 0. The van der Waals surface area contributed by atoms with Gasteiger partial charge in [0, 0.05) is 45.0 Å². The number of nitrogens with zero attached hydrogens (tertiary/aromatic N) is 3. The van der Waals surface area contributed by atoms with E-state index in [1.807, 2.05) is 4.90 Å². The van der Waals surface area contributed by atoms with E-state index in [1.54, 1.807) is 18.3 Å². The fourth-order valence-corrected chi connectivity index (χ4v) is 2.58. The molecule has 22 heavy (non-hydrogen) atoms. The van der Waals surface area contributed by atoms with E-state index in [1.165, 1.54) is 12.8 Å². The van der Waals surface area contributed by atoms with Crippen LogP contribution in [0.25, 0.3) is 0 Å². The third kappa shape index (κ3) is 3.96. The van der Waals surface area contributed by atoms with Crippen LogP contribution in [0.4, 0.5) is 0 Å². The molecule has 1 aliphatic carbocycles. The zero-order valence-electron chi connectivity index (χ0n) is 12.8. The van der Waals surface area contributed by atoms with Crippen LogP contribution in [0.2, 0.25) is 0 Å². The first-order valence-electron chi connectivity index (χ1n) is 7.97. The van der Waals surface area contributed by atoms with E-state index in [4.69, 9.17) is 9.84 Å². The zero-order chi connectivity index (χ0) is 15.4. The first kappa shape index (κ1) is 15.2. The van der Waals surface area contributed by atoms with Gasteiger partial charge in [0.15, 0.2) is 0 Å². The van der Waals surface area contributed by atoms with Crippen molar-refractivity contribution in [3.63, 3.8) is 0 Å². The molecule has 0 aromatic carbocycles. The Kier molecular flexibility index (Phi) is 4.90. The topological polar surface area (TPSA) is 65.9 Å². The number of carbonyl (C=O) groups excluding carboxylic acids is 1. The molecular weight excluding hydrogens is 282 g/mol. The highest BCUT2D eigenvalue weighted by Crippen LogP contribution is 2.29. The molecule has 3 rings (SSSR count). The van der Waals surface area contributed by atoms with Gasteiger partial charge in [-0.2, -0.15) is 0 Å². The van der Waals surface area contributed by atoms with Gasteiger partial charge >= 0.3 is 0 Å². The number of β-amino-alcohol motifs (C(OH)–C–C–N with tert-alkyl or cyclic N) is 1. The second-order valence-electron chi connectivity index (χ2n) is 6.00. The summed E-state index contributed by atoms with van der Waals surface area (Å²) in [6.45, 7) is 4.58. The zero-order valence-corrected chi connectivity index (χ0v) is 12.8. The number of pyridine rings is 1. The Hall–Kier alpha value is -1.66. The molecule has 1 aromatic heterocycles. The normalized spacial score (nSPS) is 19.2. The number of hydrogen-bond acceptors (Lipinski definition) is 5. The highest BCUT2D eigenvalue weighted by atomic mass is 16.5. The van der Waals surface area contributed by atoms with Crippen molar-refractivity contribution in [3.05, 3.63) is 23.9 Å². The molecule has 0 unspecified atom stereocenters. The van der Waals surface area contributed by atoms with Crippen LogP contribution >= 0.6 is 0 Å². The Balaban J connectivity index is 1.51. The molecule has 1 aromatic rings. The van der Waals surface area contributed by atoms with Crippen molar-refractivity contribution >= 4 is 5.91 Å². The van der Waals surface area contributed by atoms with Crippen LogP contribution in [-0.2, 0) is 0 Å². The number of hydrogen-bond donors (Lipinski definition) is 1. The van der Waals surface area contributed by atoms with Crippen LogP contribution in [0.15, 0.2) is 18.3 Å². The molecule has 0 atom stereocenters. The minimum absolute atomic E-state index is 0.0184. The summed E-state index contributed by atoms with van der Waals surface area (Å²) in [5.41, 5.74) is 0.606. The molecule has 120 valence electrons. The highest BCUT2D eigenvalue weighted by molar-refractivity contribution is 5.94. The Labute approximate surface area is 130 Å². The number of aliphatic hydroxyl groups excluding tert-OH is 1. The van der Waals surface area contributed by atoms with Crippen LogP contribution in [0, 0.1) is 5.92 Å². The maximum absolute atomic E-state index is 12.4. The quantitative estimate of drug-likeness (QED) is 0.834. The number of carbonyl (C=O) groups is 1. The van der Waals surface area contributed by atoms with Gasteiger partial charge in [-0.25, -0.2) is 4.98 Å². The number of rotatable bonds is 6. The smallest absolute Gasteiger partial charge is 0.255 e. The molecule has 1 N–H and O–H groups in total. The Morgan fingerprint density at radius 3 is 2.64 bits per heavy atom. The molecule has 0 radical (unpaired) electrons. The van der Waals surface area contributed by atoms with Gasteiger partial charge in [-0.05, 0) is 24.8 Å². The van der Waals surface area contributed by atoms with E-state index in [-0.39, 0.29) is 12.5 Å². The fraction of sp³-hybridized carbons (Fsp3) is 0.625. The lowest BCUT2D eigenvalue weighted by Crippen LogP contribution is -2.49. The molecular formula is C16H23N3O3. The molecule has 1 aliphatic heterocycles. The summed E-state index contributed by atoms with van der Waals surface area (Å²) in [6, 6.07) is 3.56. The molecule has 1 saturated heterocycles. The van der Waals surface area contributed by atoms with Crippen LogP contribution in [-0.4, -0.2) is 71.7 Å². The van der Waals surface area contributed by atoms with Crippen molar-refractivity contribution in [2.75, 3.05) is 45.9 Å². The lowest BCUT2D eigenvalue weighted by molar-refractivity contribution is 0.0614. The molecule has 2 fully saturated rings. The standard InChI is InChI=1S/C16H23N3O3/c20-10-9-18-5-7-19(8-6-18)16(21)14-3-4-15(17-11-14)22-12-13-1-2-13/h3-4,11,13,20H,1-2,5-10,12H2. The molecule has 0 bridgehead atoms. The summed E-state index contributed by atoms with van der Waals surface area (Å²) in [5.74, 6) is 1.31. The molecule has 2 heterocycles. The SMILES string of the molecule is O=C(c1ccc(OCC2CC2)nc1)N1CCN(CCO)CC1. The maximum Gasteiger partial charge on any atom is 0.255 e. The van der Waals surface area contributed by atoms with E-state index in [0.717, 1.165) is 19.7 Å². The third-order valence-electron chi connectivity index (χ3n) is 4.22. The predicted molar refractivity (Wildman–Crippen MR) is 81.9 cm³/mol. The van der Waals surface area contributed by atoms with Gasteiger partial charge in [-0.1, -0.05) is 0 Å². The van der Waals surface area contributed by atoms with E-state index in [0.29, 0.717) is 37.0 Å². The lowest BCUT2D eigenvalue weighted by Gasteiger charge is -2.34. The van der Waals surface area contributed by atoms with Gasteiger partial charge in [0.1, 0.15) is 0 Å². The van der Waals surface area contributed by atoms with Crippen molar-refractivity contribution in [3.8, 4) is 5.88 Å². The van der Waals surface area contributed by atoms with Crippen molar-refractivity contribution in [1.29, 1.82) is 0 Å². The number of amides is 1. The highest BCUT2D eigenvalue weighted by Gasteiger charge is 2.23. The molecule has 6 heteroatoms. The third-order valence-corrected chi connectivity index (χ3v) is 4.22. The number of aromatic nitrogens is 1. The molecule has 1 saturated carbocycles. The fourth-order valence-electron chi connectivity index (χ4n) is 2.58. The van der Waals surface area contributed by atoms with Crippen LogP contribution < -0.4 is 4.74 Å². The van der Waals surface area contributed by atoms with Gasteiger partial charge in [0.2, 0.25) is 5.88 Å². The number of piperazine rings is 1. The first-order chi connectivity index (χ1) is 10.8. The van der Waals surface area contributed by atoms with Gasteiger partial charge in [0.05, 0.1) is 18.8 Å². The minimum Gasteiger partial charge on any atom is -0.477 e. The maximum atomic E-state index is 12.4. The number of ether oxygens (including phenoxy) is 1. The Morgan fingerprint density at radius 2 is 2.05 bits per heavy atom. The first-order valence-corrected chi connectivity index (χ1v) is 7.97. The molecule has 6 nitrogen and oxygen atoms in total. The predicted octanol–water partition coefficient (Wildman–Crippen LogP) is 0.620. The van der Waals surface area contributed by atoms with Crippen molar-refractivity contribution < 1.29 is 14.6 Å². The van der Waals surface area contributed by atoms with Crippen LogP contribution in [0.1, 0.15) is 23.2 Å². The monoisotopic (exact) mass is 305 g/mol. The summed E-state index contributed by atoms with van der Waals surface area (Å²) in [7, 11) is 0. The summed E-state index contributed by atoms with van der Waals surface area (Å²) in [6.07, 6.45) is 4.10. The van der Waals surface area contributed by atoms with Gasteiger partial charge in [-0.15, -0.1) is 0 Å². The lowest BCUT2D eigenvalue weighted by atomic mass is 10.2. The molecule has 1 amide bonds. The van der Waals surface area contributed by atoms with Gasteiger partial charge in [-0.3, -0.25) is 9.69 Å². The summed E-state index contributed by atoms with van der Waals surface area (Å²) in [5, 5.41) is 8.94. The van der Waals surface area contributed by atoms with Crippen LogP contribution in [0.5, 0.6) is 5.88 Å². The largest absolute Gasteiger partial charge is 0.477 e. The molecule has 2 aliphatic rings. The average molecular weight is 305 g/mol. The van der Waals surface area contributed by atoms with E-state index < -0.39 is 0 Å². The summed E-state index contributed by atoms with van der Waals surface area (Å²) in [4.78, 5) is 20.7. The van der Waals surface area contributed by atoms with Crippen molar-refractivity contribution in [2.45, 2.75) is 12.8 Å². The minimum atomic E-state index is 0.0184. The second-order valence-corrected chi connectivity index (χ2v) is 6.00. The Bertz CT molecular complexity index is 494. The van der Waals surface area contributed by atoms with Crippen LogP contribution in [0.3, 0.4) is 0 Å². The van der Waals surface area contributed by atoms with E-state index in [2.05, 4.69) is 9.88 Å². The Morgan fingerprint density at radius 1 is 1.27 bits per heavy atom. The van der Waals surface area contributed by atoms with E-state index >= 15 is 0 Å². The summed E-state index contributed by atoms with van der Waals surface area (Å²) < 4.78 is 5.58. The average Bonchev–Trinajstić information content (AvgIpc) is 3.38. The van der Waals surface area contributed by atoms with Crippen molar-refractivity contribution in [2.24, 2.45) is 5.92 Å². The second kappa shape index (κ2) is 7.07. The van der Waals surface area contributed by atoms with Gasteiger partial charge < -0.3 is 14.7 Å². The van der Waals surface area contributed by atoms with Gasteiger partial charge in [0.25, 0.3) is 5.91 Å². The van der Waals surface area contributed by atoms with E-state index in [9.17, 15) is 4.79 Å².